The lowest BCUT2D eigenvalue weighted by Crippen LogP contribution is -2.09. The highest BCUT2D eigenvalue weighted by molar-refractivity contribution is 5.91. The first-order valence-corrected chi connectivity index (χ1v) is 9.68. The molecule has 0 amide bonds. The molecule has 1 aliphatic carbocycles. The van der Waals surface area contributed by atoms with Crippen molar-refractivity contribution in [1.29, 1.82) is 0 Å². The standard InChI is InChI=1S/C25H23FO2/c1-3-21-16-25(21,26)22-12-14-23(15-13-22)28-24(27)20-10-8-19(9-11-20)18-6-4-17(2)5-7-18/h4-15,21H,3,16H2,1-2H3/t21-,25?/m0/s1. The summed E-state index contributed by atoms with van der Waals surface area (Å²) in [6.07, 6.45) is 1.42. The summed E-state index contributed by atoms with van der Waals surface area (Å²) in [5.41, 5.74) is 3.30. The zero-order valence-corrected chi connectivity index (χ0v) is 16.1. The Bertz CT molecular complexity index is 975. The summed E-state index contributed by atoms with van der Waals surface area (Å²) in [5, 5.41) is 0. The molecule has 0 N–H and O–H groups in total. The van der Waals surface area contributed by atoms with Crippen molar-refractivity contribution in [3.05, 3.63) is 89.5 Å². The molecule has 1 unspecified atom stereocenters. The normalized spacial score (nSPS) is 20.6. The fraction of sp³-hybridized carbons (Fsp3) is 0.240. The monoisotopic (exact) mass is 374 g/mol. The third-order valence-electron chi connectivity index (χ3n) is 5.57. The Hall–Kier alpha value is -2.94. The minimum atomic E-state index is -1.21. The van der Waals surface area contributed by atoms with E-state index in [1.54, 1.807) is 36.4 Å². The van der Waals surface area contributed by atoms with Gasteiger partial charge in [0, 0.05) is 5.92 Å². The molecule has 1 saturated carbocycles. The molecule has 2 atom stereocenters. The molecule has 4 rings (SSSR count). The molecule has 1 aliphatic rings. The highest BCUT2D eigenvalue weighted by Gasteiger charge is 2.55. The molecule has 1 fully saturated rings. The average Bonchev–Trinajstić information content (AvgIpc) is 3.41. The molecule has 0 heterocycles. The van der Waals surface area contributed by atoms with Crippen LogP contribution in [0, 0.1) is 12.8 Å². The minimum Gasteiger partial charge on any atom is -0.423 e. The van der Waals surface area contributed by atoms with Gasteiger partial charge in [-0.1, -0.05) is 61.0 Å². The highest BCUT2D eigenvalue weighted by atomic mass is 19.1. The maximum Gasteiger partial charge on any atom is 0.343 e. The number of carbonyl (C=O) groups excluding carboxylic acids is 1. The van der Waals surface area contributed by atoms with Crippen molar-refractivity contribution < 1.29 is 13.9 Å². The number of benzene rings is 3. The Kier molecular flexibility index (Phi) is 4.76. The molecule has 0 saturated heterocycles. The maximum absolute atomic E-state index is 14.6. The van der Waals surface area contributed by atoms with Gasteiger partial charge in [-0.15, -0.1) is 0 Å². The van der Waals surface area contributed by atoms with E-state index in [1.807, 2.05) is 19.1 Å². The van der Waals surface area contributed by atoms with Crippen LogP contribution in [0.1, 0.15) is 41.3 Å². The predicted molar refractivity (Wildman–Crippen MR) is 109 cm³/mol. The highest BCUT2D eigenvalue weighted by Crippen LogP contribution is 2.57. The Balaban J connectivity index is 1.43. The second kappa shape index (κ2) is 7.23. The van der Waals surface area contributed by atoms with Gasteiger partial charge in [0.1, 0.15) is 11.4 Å². The van der Waals surface area contributed by atoms with E-state index in [1.165, 1.54) is 5.56 Å². The molecule has 0 spiro atoms. The van der Waals surface area contributed by atoms with E-state index in [9.17, 15) is 9.18 Å². The van der Waals surface area contributed by atoms with E-state index in [0.717, 1.165) is 17.5 Å². The number of hydrogen-bond acceptors (Lipinski definition) is 2. The van der Waals surface area contributed by atoms with E-state index in [-0.39, 0.29) is 5.92 Å². The van der Waals surface area contributed by atoms with E-state index in [2.05, 4.69) is 31.2 Å². The summed E-state index contributed by atoms with van der Waals surface area (Å²) in [6, 6.07) is 22.4. The summed E-state index contributed by atoms with van der Waals surface area (Å²) in [6.45, 7) is 4.06. The average molecular weight is 374 g/mol. The van der Waals surface area contributed by atoms with Crippen LogP contribution in [0.5, 0.6) is 5.75 Å². The predicted octanol–water partition coefficient (Wildman–Crippen LogP) is 6.48. The zero-order valence-electron chi connectivity index (χ0n) is 16.1. The van der Waals surface area contributed by atoms with Gasteiger partial charge in [-0.2, -0.15) is 0 Å². The Morgan fingerprint density at radius 1 is 0.964 bits per heavy atom. The molecule has 3 aromatic carbocycles. The van der Waals surface area contributed by atoms with Gasteiger partial charge in [0.05, 0.1) is 5.56 Å². The Morgan fingerprint density at radius 2 is 1.54 bits per heavy atom. The number of rotatable bonds is 5. The number of alkyl halides is 1. The van der Waals surface area contributed by atoms with Crippen molar-refractivity contribution in [2.24, 2.45) is 5.92 Å². The molecule has 3 aromatic rings. The van der Waals surface area contributed by atoms with Gasteiger partial charge in [0.2, 0.25) is 0 Å². The number of ether oxygens (including phenoxy) is 1. The van der Waals surface area contributed by atoms with E-state index in [4.69, 9.17) is 4.74 Å². The van der Waals surface area contributed by atoms with Crippen LogP contribution in [0.2, 0.25) is 0 Å². The molecule has 0 bridgehead atoms. The second-order valence-corrected chi connectivity index (χ2v) is 7.53. The minimum absolute atomic E-state index is 0.105. The van der Waals surface area contributed by atoms with Crippen LogP contribution in [0.25, 0.3) is 11.1 Å². The number of aryl methyl sites for hydroxylation is 1. The summed E-state index contributed by atoms with van der Waals surface area (Å²) in [7, 11) is 0. The number of carbonyl (C=O) groups is 1. The first-order valence-electron chi connectivity index (χ1n) is 9.68. The smallest absolute Gasteiger partial charge is 0.343 e. The van der Waals surface area contributed by atoms with Crippen LogP contribution >= 0.6 is 0 Å². The Morgan fingerprint density at radius 3 is 2.07 bits per heavy atom. The molecular formula is C25H23FO2. The molecule has 0 radical (unpaired) electrons. The van der Waals surface area contributed by atoms with Gasteiger partial charge >= 0.3 is 5.97 Å². The lowest BCUT2D eigenvalue weighted by Gasteiger charge is -2.10. The molecular weight excluding hydrogens is 351 g/mol. The fourth-order valence-electron chi connectivity index (χ4n) is 3.63. The van der Waals surface area contributed by atoms with Gasteiger partial charge in [0.15, 0.2) is 0 Å². The second-order valence-electron chi connectivity index (χ2n) is 7.53. The van der Waals surface area contributed by atoms with Gasteiger partial charge in [0.25, 0.3) is 0 Å². The third-order valence-corrected chi connectivity index (χ3v) is 5.57. The van der Waals surface area contributed by atoms with Crippen LogP contribution in [0.15, 0.2) is 72.8 Å². The van der Waals surface area contributed by atoms with Crippen LogP contribution < -0.4 is 4.74 Å². The lowest BCUT2D eigenvalue weighted by atomic mass is 10.0. The van der Waals surface area contributed by atoms with Crippen molar-refractivity contribution in [3.8, 4) is 16.9 Å². The molecule has 28 heavy (non-hydrogen) atoms. The number of halogens is 1. The molecule has 2 nitrogen and oxygen atoms in total. The van der Waals surface area contributed by atoms with Crippen LogP contribution in [-0.2, 0) is 5.67 Å². The van der Waals surface area contributed by atoms with E-state index >= 15 is 0 Å². The lowest BCUT2D eigenvalue weighted by molar-refractivity contribution is 0.0734. The maximum atomic E-state index is 14.6. The third kappa shape index (κ3) is 3.57. The van der Waals surface area contributed by atoms with Crippen molar-refractivity contribution in [2.45, 2.75) is 32.4 Å². The quantitative estimate of drug-likeness (QED) is 0.377. The van der Waals surface area contributed by atoms with Gasteiger partial charge < -0.3 is 4.74 Å². The topological polar surface area (TPSA) is 26.3 Å². The van der Waals surface area contributed by atoms with Gasteiger partial charge in [-0.25, -0.2) is 9.18 Å². The van der Waals surface area contributed by atoms with Crippen molar-refractivity contribution >= 4 is 5.97 Å². The van der Waals surface area contributed by atoms with Crippen LogP contribution in [0.3, 0.4) is 0 Å². The first kappa shape index (κ1) is 18.4. The molecule has 3 heteroatoms. The van der Waals surface area contributed by atoms with Crippen molar-refractivity contribution in [3.63, 3.8) is 0 Å². The van der Waals surface area contributed by atoms with Crippen LogP contribution in [0.4, 0.5) is 4.39 Å². The van der Waals surface area contributed by atoms with E-state index < -0.39 is 11.6 Å². The summed E-state index contributed by atoms with van der Waals surface area (Å²) in [4.78, 5) is 12.4. The Labute approximate surface area is 165 Å². The fourth-order valence-corrected chi connectivity index (χ4v) is 3.63. The number of hydrogen-bond donors (Lipinski definition) is 0. The SMILES string of the molecule is CC[C@H]1CC1(F)c1ccc(OC(=O)c2ccc(-c3ccc(C)cc3)cc2)cc1. The number of esters is 1. The molecule has 142 valence electrons. The van der Waals surface area contributed by atoms with Gasteiger partial charge in [-0.05, 0) is 60.7 Å². The molecule has 0 aromatic heterocycles. The van der Waals surface area contributed by atoms with Crippen molar-refractivity contribution in [2.75, 3.05) is 0 Å². The zero-order chi connectivity index (χ0) is 19.7. The summed E-state index contributed by atoms with van der Waals surface area (Å²) < 4.78 is 20.1. The van der Waals surface area contributed by atoms with Gasteiger partial charge in [-0.3, -0.25) is 0 Å². The summed E-state index contributed by atoms with van der Waals surface area (Å²) >= 11 is 0. The molecule has 0 aliphatic heterocycles. The largest absolute Gasteiger partial charge is 0.423 e. The van der Waals surface area contributed by atoms with Crippen molar-refractivity contribution in [1.82, 2.24) is 0 Å². The van der Waals surface area contributed by atoms with E-state index in [0.29, 0.717) is 23.3 Å². The van der Waals surface area contributed by atoms with Crippen LogP contribution in [-0.4, -0.2) is 5.97 Å². The summed E-state index contributed by atoms with van der Waals surface area (Å²) in [5.74, 6) is 0.109. The first-order chi connectivity index (χ1) is 13.5.